The zero-order valence-electron chi connectivity index (χ0n) is 7.76. The third-order valence-electron chi connectivity index (χ3n) is 2.23. The molecule has 12 heavy (non-hydrogen) atoms. The Balaban J connectivity index is 2.96. The van der Waals surface area contributed by atoms with Gasteiger partial charge in [0.1, 0.15) is 5.82 Å². The second-order valence-corrected chi connectivity index (χ2v) is 3.15. The van der Waals surface area contributed by atoms with Gasteiger partial charge in [-0.05, 0) is 30.9 Å². The van der Waals surface area contributed by atoms with Crippen molar-refractivity contribution in [2.24, 2.45) is 0 Å². The highest BCUT2D eigenvalue weighted by atomic mass is 19.1. The Morgan fingerprint density at radius 2 is 2.25 bits per heavy atom. The second kappa shape index (κ2) is 3.65. The highest BCUT2D eigenvalue weighted by Gasteiger charge is 2.05. The fourth-order valence-corrected chi connectivity index (χ4v) is 1.03. The van der Waals surface area contributed by atoms with Crippen LogP contribution < -0.4 is 0 Å². The van der Waals surface area contributed by atoms with Gasteiger partial charge in [-0.2, -0.15) is 0 Å². The molecule has 0 aromatic carbocycles. The standard InChI is InChI=1S/C10H14FN/c1-4-7(2)9-5-10(11)8(3)12-6-9/h5-7H,4H2,1-3H3. The fourth-order valence-electron chi connectivity index (χ4n) is 1.03. The number of hydrogen-bond acceptors (Lipinski definition) is 1. The van der Waals surface area contributed by atoms with Crippen LogP contribution in [0.4, 0.5) is 4.39 Å². The van der Waals surface area contributed by atoms with E-state index < -0.39 is 0 Å². The lowest BCUT2D eigenvalue weighted by Gasteiger charge is -2.08. The molecule has 0 aliphatic carbocycles. The lowest BCUT2D eigenvalue weighted by Crippen LogP contribution is -1.96. The van der Waals surface area contributed by atoms with Gasteiger partial charge in [0.25, 0.3) is 0 Å². The van der Waals surface area contributed by atoms with Gasteiger partial charge in [0.05, 0.1) is 5.69 Å². The molecule has 0 saturated carbocycles. The summed E-state index contributed by atoms with van der Waals surface area (Å²) in [5.74, 6) is 0.195. The van der Waals surface area contributed by atoms with Gasteiger partial charge in [0, 0.05) is 6.20 Å². The van der Waals surface area contributed by atoms with Gasteiger partial charge in [0.2, 0.25) is 0 Å². The smallest absolute Gasteiger partial charge is 0.144 e. The van der Waals surface area contributed by atoms with E-state index in [0.717, 1.165) is 12.0 Å². The van der Waals surface area contributed by atoms with Crippen molar-refractivity contribution in [1.82, 2.24) is 4.98 Å². The number of hydrogen-bond donors (Lipinski definition) is 0. The van der Waals surface area contributed by atoms with Gasteiger partial charge >= 0.3 is 0 Å². The van der Waals surface area contributed by atoms with E-state index in [9.17, 15) is 4.39 Å². The largest absolute Gasteiger partial charge is 0.258 e. The van der Waals surface area contributed by atoms with E-state index in [1.165, 1.54) is 0 Å². The first kappa shape index (κ1) is 9.17. The lowest BCUT2D eigenvalue weighted by molar-refractivity contribution is 0.600. The van der Waals surface area contributed by atoms with E-state index in [1.54, 1.807) is 19.2 Å². The molecular weight excluding hydrogens is 153 g/mol. The summed E-state index contributed by atoms with van der Waals surface area (Å²) in [6, 6.07) is 1.58. The molecule has 0 radical (unpaired) electrons. The van der Waals surface area contributed by atoms with Crippen molar-refractivity contribution in [2.45, 2.75) is 33.1 Å². The molecule has 1 unspecified atom stereocenters. The number of halogens is 1. The van der Waals surface area contributed by atoms with Gasteiger partial charge < -0.3 is 0 Å². The van der Waals surface area contributed by atoms with Crippen LogP contribution in [0.1, 0.15) is 37.4 Å². The van der Waals surface area contributed by atoms with Gasteiger partial charge in [-0.3, -0.25) is 4.98 Å². The first-order valence-electron chi connectivity index (χ1n) is 4.27. The van der Waals surface area contributed by atoms with Crippen LogP contribution in [0.15, 0.2) is 12.3 Å². The summed E-state index contributed by atoms with van der Waals surface area (Å²) in [6.07, 6.45) is 2.77. The normalized spacial score (nSPS) is 13.0. The van der Waals surface area contributed by atoms with Crippen LogP contribution in [0.25, 0.3) is 0 Å². The predicted octanol–water partition coefficient (Wildman–Crippen LogP) is 3.04. The molecule has 1 heterocycles. The molecule has 0 spiro atoms. The molecule has 0 aliphatic heterocycles. The zero-order valence-corrected chi connectivity index (χ0v) is 7.76. The molecular formula is C10H14FN. The minimum absolute atomic E-state index is 0.201. The number of pyridine rings is 1. The summed E-state index contributed by atoms with van der Waals surface area (Å²) >= 11 is 0. The van der Waals surface area contributed by atoms with Crippen LogP contribution in [-0.4, -0.2) is 4.98 Å². The van der Waals surface area contributed by atoms with Crippen LogP contribution in [0.3, 0.4) is 0 Å². The number of aryl methyl sites for hydroxylation is 1. The summed E-state index contributed by atoms with van der Waals surface area (Å²) in [5.41, 5.74) is 1.46. The molecule has 1 nitrogen and oxygen atoms in total. The Bertz CT molecular complexity index is 271. The summed E-state index contributed by atoms with van der Waals surface area (Å²) in [6.45, 7) is 5.84. The molecule has 0 fully saturated rings. The topological polar surface area (TPSA) is 12.9 Å². The Hall–Kier alpha value is -0.920. The van der Waals surface area contributed by atoms with E-state index in [1.807, 2.05) is 0 Å². The van der Waals surface area contributed by atoms with Gasteiger partial charge in [0.15, 0.2) is 0 Å². The lowest BCUT2D eigenvalue weighted by atomic mass is 10.0. The first-order valence-corrected chi connectivity index (χ1v) is 4.27. The van der Waals surface area contributed by atoms with Crippen LogP contribution >= 0.6 is 0 Å². The average molecular weight is 167 g/mol. The minimum atomic E-state index is -0.201. The quantitative estimate of drug-likeness (QED) is 0.659. The van der Waals surface area contributed by atoms with Crippen molar-refractivity contribution in [2.75, 3.05) is 0 Å². The van der Waals surface area contributed by atoms with E-state index in [-0.39, 0.29) is 5.82 Å². The Morgan fingerprint density at radius 3 is 2.75 bits per heavy atom. The van der Waals surface area contributed by atoms with Crippen molar-refractivity contribution in [1.29, 1.82) is 0 Å². The highest BCUT2D eigenvalue weighted by molar-refractivity contribution is 5.18. The zero-order chi connectivity index (χ0) is 9.14. The maximum absolute atomic E-state index is 13.0. The molecule has 0 N–H and O–H groups in total. The monoisotopic (exact) mass is 167 g/mol. The molecule has 1 rings (SSSR count). The maximum atomic E-state index is 13.0. The van der Waals surface area contributed by atoms with Crippen LogP contribution in [0.5, 0.6) is 0 Å². The Kier molecular flexibility index (Phi) is 2.79. The summed E-state index contributed by atoms with van der Waals surface area (Å²) in [4.78, 5) is 3.97. The van der Waals surface area contributed by atoms with Gasteiger partial charge in [-0.15, -0.1) is 0 Å². The maximum Gasteiger partial charge on any atom is 0.144 e. The van der Waals surface area contributed by atoms with Crippen LogP contribution in [-0.2, 0) is 0 Å². The predicted molar refractivity (Wildman–Crippen MR) is 47.6 cm³/mol. The third-order valence-corrected chi connectivity index (χ3v) is 2.23. The summed E-state index contributed by atoms with van der Waals surface area (Å²) < 4.78 is 13.0. The molecule has 2 heteroatoms. The van der Waals surface area contributed by atoms with Crippen molar-refractivity contribution in [3.05, 3.63) is 29.3 Å². The number of nitrogens with zero attached hydrogens (tertiary/aromatic N) is 1. The first-order chi connectivity index (χ1) is 5.65. The van der Waals surface area contributed by atoms with Crippen molar-refractivity contribution in [3.63, 3.8) is 0 Å². The molecule has 1 aromatic rings. The second-order valence-electron chi connectivity index (χ2n) is 3.15. The van der Waals surface area contributed by atoms with Crippen molar-refractivity contribution < 1.29 is 4.39 Å². The molecule has 0 aliphatic rings. The van der Waals surface area contributed by atoms with Crippen LogP contribution in [0.2, 0.25) is 0 Å². The van der Waals surface area contributed by atoms with Gasteiger partial charge in [-0.1, -0.05) is 13.8 Å². The minimum Gasteiger partial charge on any atom is -0.258 e. The number of aromatic nitrogens is 1. The van der Waals surface area contributed by atoms with E-state index in [2.05, 4.69) is 18.8 Å². The van der Waals surface area contributed by atoms with Crippen LogP contribution in [0, 0.1) is 12.7 Å². The van der Waals surface area contributed by atoms with Crippen molar-refractivity contribution >= 4 is 0 Å². The number of rotatable bonds is 2. The van der Waals surface area contributed by atoms with Gasteiger partial charge in [-0.25, -0.2) is 4.39 Å². The third kappa shape index (κ3) is 1.81. The molecule has 0 bridgehead atoms. The van der Waals surface area contributed by atoms with Crippen molar-refractivity contribution in [3.8, 4) is 0 Å². The molecule has 66 valence electrons. The molecule has 1 aromatic heterocycles. The fraction of sp³-hybridized carbons (Fsp3) is 0.500. The highest BCUT2D eigenvalue weighted by Crippen LogP contribution is 2.18. The SMILES string of the molecule is CCC(C)c1cnc(C)c(F)c1. The molecule has 0 saturated heterocycles. The summed E-state index contributed by atoms with van der Waals surface area (Å²) in [5, 5.41) is 0. The van der Waals surface area contributed by atoms with E-state index in [0.29, 0.717) is 11.6 Å². The Morgan fingerprint density at radius 1 is 1.58 bits per heavy atom. The molecule has 0 amide bonds. The van der Waals surface area contributed by atoms with E-state index in [4.69, 9.17) is 0 Å². The Labute approximate surface area is 72.6 Å². The van der Waals surface area contributed by atoms with E-state index >= 15 is 0 Å². The summed E-state index contributed by atoms with van der Waals surface area (Å²) in [7, 11) is 0. The molecule has 1 atom stereocenters. The average Bonchev–Trinajstić information content (AvgIpc) is 2.08.